The van der Waals surface area contributed by atoms with Gasteiger partial charge in [0.2, 0.25) is 0 Å². The molecule has 2 aromatic carbocycles. The maximum absolute atomic E-state index is 12.3. The van der Waals surface area contributed by atoms with Gasteiger partial charge in [0.1, 0.15) is 30.7 Å². The molecule has 0 radical (unpaired) electrons. The van der Waals surface area contributed by atoms with Crippen LogP contribution in [0.5, 0.6) is 5.75 Å². The number of hydrogen-bond acceptors (Lipinski definition) is 6. The number of esters is 1. The summed E-state index contributed by atoms with van der Waals surface area (Å²) < 4.78 is 15.8. The summed E-state index contributed by atoms with van der Waals surface area (Å²) in [6.45, 7) is 4.71. The Balaban J connectivity index is 1.70. The number of rotatable bonds is 7. The van der Waals surface area contributed by atoms with E-state index in [-0.39, 0.29) is 18.8 Å². The lowest BCUT2D eigenvalue weighted by molar-refractivity contribution is -0.142. The molecule has 0 fully saturated rings. The van der Waals surface area contributed by atoms with Crippen LogP contribution in [0, 0.1) is 0 Å². The molecule has 28 heavy (non-hydrogen) atoms. The predicted octanol–water partition coefficient (Wildman–Crippen LogP) is 3.32. The first-order valence-electron chi connectivity index (χ1n) is 8.71. The molecule has 0 saturated carbocycles. The van der Waals surface area contributed by atoms with Gasteiger partial charge in [0.25, 0.3) is 0 Å². The van der Waals surface area contributed by atoms with E-state index in [0.29, 0.717) is 16.9 Å². The Morgan fingerprint density at radius 3 is 2.61 bits per heavy atom. The fourth-order valence-corrected chi connectivity index (χ4v) is 2.54. The van der Waals surface area contributed by atoms with E-state index in [1.165, 1.54) is 6.92 Å². The van der Waals surface area contributed by atoms with Gasteiger partial charge in [-0.15, -0.1) is 0 Å². The molecule has 6 heteroatoms. The smallest absolute Gasteiger partial charge is 0.344 e. The Bertz CT molecular complexity index is 1050. The second-order valence-corrected chi connectivity index (χ2v) is 6.36. The second-order valence-electron chi connectivity index (χ2n) is 6.36. The van der Waals surface area contributed by atoms with Crippen molar-refractivity contribution >= 4 is 16.9 Å². The van der Waals surface area contributed by atoms with E-state index in [0.717, 1.165) is 10.9 Å². The van der Waals surface area contributed by atoms with Gasteiger partial charge in [-0.3, -0.25) is 0 Å². The summed E-state index contributed by atoms with van der Waals surface area (Å²) >= 11 is 0. The van der Waals surface area contributed by atoms with Crippen LogP contribution in [0.3, 0.4) is 0 Å². The summed E-state index contributed by atoms with van der Waals surface area (Å²) in [5.74, 6) is -0.144. The van der Waals surface area contributed by atoms with E-state index in [1.54, 1.807) is 24.3 Å². The summed E-state index contributed by atoms with van der Waals surface area (Å²) in [6.07, 6.45) is -0.994. The molecule has 1 heterocycles. The highest BCUT2D eigenvalue weighted by molar-refractivity contribution is 5.87. The van der Waals surface area contributed by atoms with Crippen LogP contribution in [-0.4, -0.2) is 30.4 Å². The van der Waals surface area contributed by atoms with Crippen LogP contribution in [0.2, 0.25) is 0 Å². The van der Waals surface area contributed by atoms with Crippen molar-refractivity contribution in [2.75, 3.05) is 13.2 Å². The third-order valence-electron chi connectivity index (χ3n) is 3.99. The van der Waals surface area contributed by atoms with Crippen molar-refractivity contribution in [1.82, 2.24) is 0 Å². The second kappa shape index (κ2) is 8.54. The van der Waals surface area contributed by atoms with E-state index < -0.39 is 17.7 Å². The van der Waals surface area contributed by atoms with Crippen LogP contribution in [0.1, 0.15) is 6.92 Å². The van der Waals surface area contributed by atoms with Gasteiger partial charge in [-0.2, -0.15) is 0 Å². The van der Waals surface area contributed by atoms with Gasteiger partial charge in [-0.1, -0.05) is 36.9 Å². The molecule has 0 spiro atoms. The Labute approximate surface area is 161 Å². The van der Waals surface area contributed by atoms with Crippen molar-refractivity contribution in [2.24, 2.45) is 0 Å². The summed E-state index contributed by atoms with van der Waals surface area (Å²) in [4.78, 5) is 23.6. The minimum Gasteiger partial charge on any atom is -0.491 e. The minimum atomic E-state index is -0.994. The molecule has 3 aromatic rings. The van der Waals surface area contributed by atoms with Gasteiger partial charge in [-0.05, 0) is 30.7 Å². The number of carbonyl (C=O) groups excluding carboxylic acids is 1. The minimum absolute atomic E-state index is 0.0820. The van der Waals surface area contributed by atoms with Crippen LogP contribution >= 0.6 is 0 Å². The molecule has 0 aliphatic rings. The predicted molar refractivity (Wildman–Crippen MR) is 105 cm³/mol. The maximum atomic E-state index is 12.3. The Hall–Kier alpha value is -3.38. The third kappa shape index (κ3) is 4.66. The fraction of sp³-hybridized carbons (Fsp3) is 0.182. The summed E-state index contributed by atoms with van der Waals surface area (Å²) in [5.41, 5.74) is 1.46. The van der Waals surface area contributed by atoms with E-state index >= 15 is 0 Å². The monoisotopic (exact) mass is 380 g/mol. The van der Waals surface area contributed by atoms with Crippen molar-refractivity contribution in [3.05, 3.63) is 77.2 Å². The van der Waals surface area contributed by atoms with E-state index in [2.05, 4.69) is 6.58 Å². The highest BCUT2D eigenvalue weighted by Gasteiger charge is 2.12. The average Bonchev–Trinajstić information content (AvgIpc) is 2.70. The number of ether oxygens (including phenoxy) is 2. The molecule has 1 N–H and O–H groups in total. The van der Waals surface area contributed by atoms with Gasteiger partial charge >= 0.3 is 11.6 Å². The van der Waals surface area contributed by atoms with Crippen molar-refractivity contribution in [3.63, 3.8) is 0 Å². The quantitative estimate of drug-likeness (QED) is 0.384. The maximum Gasteiger partial charge on any atom is 0.344 e. The molecule has 144 valence electrons. The van der Waals surface area contributed by atoms with E-state index in [4.69, 9.17) is 13.9 Å². The molecule has 0 aliphatic carbocycles. The molecule has 0 bridgehead atoms. The van der Waals surface area contributed by atoms with E-state index in [9.17, 15) is 14.7 Å². The summed E-state index contributed by atoms with van der Waals surface area (Å²) in [7, 11) is 0. The van der Waals surface area contributed by atoms with Gasteiger partial charge in [0.05, 0.1) is 5.56 Å². The summed E-state index contributed by atoms with van der Waals surface area (Å²) in [6, 6.07) is 16.1. The number of carbonyl (C=O) groups is 1. The Kier molecular flexibility index (Phi) is 5.91. The molecule has 0 aliphatic heterocycles. The van der Waals surface area contributed by atoms with Crippen molar-refractivity contribution < 1.29 is 23.8 Å². The zero-order valence-electron chi connectivity index (χ0n) is 15.4. The zero-order chi connectivity index (χ0) is 20.1. The SMILES string of the molecule is C=C(C)C(=O)OCC(O)COc1ccc2cc(-c3ccccc3)c(=O)oc2c1. The molecule has 0 amide bonds. The first-order chi connectivity index (χ1) is 13.4. The highest BCUT2D eigenvalue weighted by Crippen LogP contribution is 2.24. The number of hydrogen-bond donors (Lipinski definition) is 1. The van der Waals surface area contributed by atoms with Crippen molar-refractivity contribution in [2.45, 2.75) is 13.0 Å². The Morgan fingerprint density at radius 2 is 1.89 bits per heavy atom. The van der Waals surface area contributed by atoms with Gasteiger partial charge in [0.15, 0.2) is 0 Å². The van der Waals surface area contributed by atoms with E-state index in [1.807, 2.05) is 30.3 Å². The fourth-order valence-electron chi connectivity index (χ4n) is 2.54. The topological polar surface area (TPSA) is 86.0 Å². The lowest BCUT2D eigenvalue weighted by atomic mass is 10.1. The van der Waals surface area contributed by atoms with Gasteiger partial charge in [0, 0.05) is 17.0 Å². The molecule has 6 nitrogen and oxygen atoms in total. The zero-order valence-corrected chi connectivity index (χ0v) is 15.4. The number of aliphatic hydroxyl groups excluding tert-OH is 1. The number of benzene rings is 2. The third-order valence-corrected chi connectivity index (χ3v) is 3.99. The van der Waals surface area contributed by atoms with Crippen LogP contribution < -0.4 is 10.4 Å². The molecule has 1 atom stereocenters. The van der Waals surface area contributed by atoms with Crippen LogP contribution in [0.4, 0.5) is 0 Å². The lowest BCUT2D eigenvalue weighted by Gasteiger charge is -2.13. The molecular formula is C22H20O6. The van der Waals surface area contributed by atoms with Gasteiger partial charge < -0.3 is 19.0 Å². The van der Waals surface area contributed by atoms with Crippen LogP contribution in [0.15, 0.2) is 76.0 Å². The van der Waals surface area contributed by atoms with Crippen molar-refractivity contribution in [1.29, 1.82) is 0 Å². The first kappa shape index (κ1) is 19.4. The highest BCUT2D eigenvalue weighted by atomic mass is 16.5. The lowest BCUT2D eigenvalue weighted by Crippen LogP contribution is -2.25. The molecular weight excluding hydrogens is 360 g/mol. The standard InChI is InChI=1S/C22H20O6/c1-14(2)21(24)27-13-17(23)12-26-18-9-8-16-10-19(15-6-4-3-5-7-15)22(25)28-20(16)11-18/h3-11,17,23H,1,12-13H2,2H3. The normalized spacial score (nSPS) is 11.8. The average molecular weight is 380 g/mol. The largest absolute Gasteiger partial charge is 0.491 e. The summed E-state index contributed by atoms with van der Waals surface area (Å²) in [5, 5.41) is 10.6. The first-order valence-corrected chi connectivity index (χ1v) is 8.71. The molecule has 1 aromatic heterocycles. The molecule has 1 unspecified atom stereocenters. The van der Waals surface area contributed by atoms with Crippen LogP contribution in [0.25, 0.3) is 22.1 Å². The number of fused-ring (bicyclic) bond motifs is 1. The van der Waals surface area contributed by atoms with Crippen molar-refractivity contribution in [3.8, 4) is 16.9 Å². The number of aliphatic hydroxyl groups is 1. The van der Waals surface area contributed by atoms with Gasteiger partial charge in [-0.25, -0.2) is 9.59 Å². The Morgan fingerprint density at radius 1 is 1.14 bits per heavy atom. The molecule has 0 saturated heterocycles. The molecule has 3 rings (SSSR count). The van der Waals surface area contributed by atoms with Crippen LogP contribution in [-0.2, 0) is 9.53 Å².